The first-order valence-corrected chi connectivity index (χ1v) is 7.78. The van der Waals surface area contributed by atoms with Crippen molar-refractivity contribution in [3.8, 4) is 0 Å². The number of aliphatic imine (C=N–C) groups is 1. The maximum absolute atomic E-state index is 12.3. The van der Waals surface area contributed by atoms with Gasteiger partial charge in [-0.3, -0.25) is 9.79 Å². The molecule has 0 aliphatic heterocycles. The lowest BCUT2D eigenvalue weighted by molar-refractivity contribution is 0.102. The standard InChI is InChI=1S/C19H23N3O/c1-5-13(2)14-6-8-15(9-7-14)19(23)22-16-10-11-17(20-3)18(12-16)21-4/h6-13,20H,4-5H2,1-3H3,(H,22,23). The van der Waals surface area contributed by atoms with Gasteiger partial charge in [-0.2, -0.15) is 0 Å². The number of anilines is 2. The van der Waals surface area contributed by atoms with Crippen molar-refractivity contribution < 1.29 is 4.79 Å². The van der Waals surface area contributed by atoms with Crippen molar-refractivity contribution in [3.05, 3.63) is 53.6 Å². The summed E-state index contributed by atoms with van der Waals surface area (Å²) in [5.41, 5.74) is 4.17. The summed E-state index contributed by atoms with van der Waals surface area (Å²) in [6.45, 7) is 7.89. The van der Waals surface area contributed by atoms with Gasteiger partial charge in [0.25, 0.3) is 5.91 Å². The van der Waals surface area contributed by atoms with E-state index in [1.807, 2.05) is 43.4 Å². The number of nitrogens with zero attached hydrogens (tertiary/aromatic N) is 1. The van der Waals surface area contributed by atoms with Gasteiger partial charge >= 0.3 is 0 Å². The van der Waals surface area contributed by atoms with Gasteiger partial charge in [-0.05, 0) is 55.0 Å². The Kier molecular flexibility index (Phi) is 5.52. The molecule has 0 spiro atoms. The molecule has 2 aromatic carbocycles. The molecule has 0 fully saturated rings. The third kappa shape index (κ3) is 3.97. The number of hydrogen-bond acceptors (Lipinski definition) is 3. The van der Waals surface area contributed by atoms with Crippen LogP contribution < -0.4 is 10.6 Å². The maximum atomic E-state index is 12.3. The fraction of sp³-hybridized carbons (Fsp3) is 0.263. The second kappa shape index (κ2) is 7.58. The number of amides is 1. The van der Waals surface area contributed by atoms with Crippen LogP contribution in [0, 0.1) is 0 Å². The smallest absolute Gasteiger partial charge is 0.255 e. The molecular weight excluding hydrogens is 286 g/mol. The predicted octanol–water partition coefficient (Wildman–Crippen LogP) is 4.83. The van der Waals surface area contributed by atoms with Crippen molar-refractivity contribution in [2.75, 3.05) is 17.7 Å². The van der Waals surface area contributed by atoms with Crippen LogP contribution in [0.4, 0.5) is 17.1 Å². The zero-order chi connectivity index (χ0) is 16.8. The molecule has 0 aliphatic carbocycles. The molecule has 0 saturated carbocycles. The van der Waals surface area contributed by atoms with E-state index in [1.165, 1.54) is 5.56 Å². The summed E-state index contributed by atoms with van der Waals surface area (Å²) in [6.07, 6.45) is 1.08. The molecule has 0 heterocycles. The van der Waals surface area contributed by atoms with Crippen LogP contribution in [-0.4, -0.2) is 19.7 Å². The summed E-state index contributed by atoms with van der Waals surface area (Å²) in [6, 6.07) is 13.3. The van der Waals surface area contributed by atoms with Crippen molar-refractivity contribution >= 4 is 29.7 Å². The molecule has 4 nitrogen and oxygen atoms in total. The first kappa shape index (κ1) is 16.7. The van der Waals surface area contributed by atoms with E-state index in [0.717, 1.165) is 12.1 Å². The first-order valence-electron chi connectivity index (χ1n) is 7.78. The lowest BCUT2D eigenvalue weighted by Gasteiger charge is -2.11. The summed E-state index contributed by atoms with van der Waals surface area (Å²) in [5, 5.41) is 5.93. The highest BCUT2D eigenvalue weighted by Crippen LogP contribution is 2.28. The average molecular weight is 309 g/mol. The monoisotopic (exact) mass is 309 g/mol. The van der Waals surface area contributed by atoms with E-state index < -0.39 is 0 Å². The Labute approximate surface area is 137 Å². The van der Waals surface area contributed by atoms with E-state index in [-0.39, 0.29) is 5.91 Å². The number of benzene rings is 2. The minimum atomic E-state index is -0.132. The summed E-state index contributed by atoms with van der Waals surface area (Å²) in [5.74, 6) is 0.371. The zero-order valence-corrected chi connectivity index (χ0v) is 13.9. The quantitative estimate of drug-likeness (QED) is 0.751. The predicted molar refractivity (Wildman–Crippen MR) is 98.3 cm³/mol. The molecule has 1 amide bonds. The van der Waals surface area contributed by atoms with Crippen molar-refractivity contribution in [1.29, 1.82) is 0 Å². The molecule has 120 valence electrons. The largest absolute Gasteiger partial charge is 0.386 e. The summed E-state index contributed by atoms with van der Waals surface area (Å²) in [4.78, 5) is 16.3. The van der Waals surface area contributed by atoms with Gasteiger partial charge in [0.1, 0.15) is 0 Å². The minimum Gasteiger partial charge on any atom is -0.386 e. The van der Waals surface area contributed by atoms with Crippen molar-refractivity contribution in [2.24, 2.45) is 4.99 Å². The van der Waals surface area contributed by atoms with E-state index in [2.05, 4.69) is 36.2 Å². The van der Waals surface area contributed by atoms with Crippen LogP contribution in [0.3, 0.4) is 0 Å². The normalized spacial score (nSPS) is 11.6. The molecule has 0 aromatic heterocycles. The van der Waals surface area contributed by atoms with Gasteiger partial charge < -0.3 is 10.6 Å². The lowest BCUT2D eigenvalue weighted by atomic mass is 9.97. The fourth-order valence-electron chi connectivity index (χ4n) is 2.35. The molecule has 0 aliphatic rings. The molecule has 2 N–H and O–H groups in total. The third-order valence-electron chi connectivity index (χ3n) is 4.05. The number of nitrogens with one attached hydrogen (secondary N) is 2. The highest BCUT2D eigenvalue weighted by molar-refractivity contribution is 6.04. The number of carbonyl (C=O) groups excluding carboxylic acids is 1. The van der Waals surface area contributed by atoms with Crippen LogP contribution in [0.2, 0.25) is 0 Å². The Morgan fingerprint density at radius 1 is 1.22 bits per heavy atom. The summed E-state index contributed by atoms with van der Waals surface area (Å²) < 4.78 is 0. The van der Waals surface area contributed by atoms with Gasteiger partial charge in [0.15, 0.2) is 0 Å². The van der Waals surface area contributed by atoms with Crippen molar-refractivity contribution in [2.45, 2.75) is 26.2 Å². The fourth-order valence-corrected chi connectivity index (χ4v) is 2.35. The van der Waals surface area contributed by atoms with Gasteiger partial charge in [-0.25, -0.2) is 0 Å². The molecule has 0 bridgehead atoms. The first-order chi connectivity index (χ1) is 11.1. The molecule has 2 aromatic rings. The third-order valence-corrected chi connectivity index (χ3v) is 4.05. The average Bonchev–Trinajstić information content (AvgIpc) is 2.60. The van der Waals surface area contributed by atoms with Crippen LogP contribution in [0.25, 0.3) is 0 Å². The van der Waals surface area contributed by atoms with Crippen LogP contribution in [0.1, 0.15) is 42.1 Å². The molecule has 1 atom stereocenters. The molecule has 1 unspecified atom stereocenters. The SMILES string of the molecule is C=Nc1cc(NC(=O)c2ccc(C(C)CC)cc2)ccc1NC. The van der Waals surface area contributed by atoms with Gasteiger partial charge in [0, 0.05) is 18.3 Å². The number of hydrogen-bond donors (Lipinski definition) is 2. The van der Waals surface area contributed by atoms with E-state index in [9.17, 15) is 4.79 Å². The highest BCUT2D eigenvalue weighted by Gasteiger charge is 2.09. The Morgan fingerprint density at radius 2 is 1.91 bits per heavy atom. The minimum absolute atomic E-state index is 0.132. The van der Waals surface area contributed by atoms with Crippen LogP contribution in [-0.2, 0) is 0 Å². The second-order valence-corrected chi connectivity index (χ2v) is 5.53. The lowest BCUT2D eigenvalue weighted by Crippen LogP contribution is -2.12. The van der Waals surface area contributed by atoms with Crippen molar-refractivity contribution in [1.82, 2.24) is 0 Å². The van der Waals surface area contributed by atoms with Gasteiger partial charge in [0.2, 0.25) is 0 Å². The maximum Gasteiger partial charge on any atom is 0.255 e. The van der Waals surface area contributed by atoms with Crippen LogP contribution >= 0.6 is 0 Å². The number of carbonyl (C=O) groups is 1. The molecule has 23 heavy (non-hydrogen) atoms. The Hall–Kier alpha value is -2.62. The Morgan fingerprint density at radius 3 is 2.48 bits per heavy atom. The van der Waals surface area contributed by atoms with E-state index in [4.69, 9.17) is 0 Å². The highest BCUT2D eigenvalue weighted by atomic mass is 16.1. The molecule has 0 radical (unpaired) electrons. The molecular formula is C19H23N3O. The topological polar surface area (TPSA) is 53.5 Å². The van der Waals surface area contributed by atoms with Crippen LogP contribution in [0.15, 0.2) is 47.5 Å². The Bertz CT molecular complexity index is 692. The molecule has 0 saturated heterocycles. The zero-order valence-electron chi connectivity index (χ0n) is 13.9. The summed E-state index contributed by atoms with van der Waals surface area (Å²) >= 11 is 0. The van der Waals surface area contributed by atoms with Crippen molar-refractivity contribution in [3.63, 3.8) is 0 Å². The van der Waals surface area contributed by atoms with Gasteiger partial charge in [-0.1, -0.05) is 26.0 Å². The number of rotatable bonds is 6. The van der Waals surface area contributed by atoms with Gasteiger partial charge in [0.05, 0.1) is 11.4 Å². The van der Waals surface area contributed by atoms with Gasteiger partial charge in [-0.15, -0.1) is 0 Å². The summed E-state index contributed by atoms with van der Waals surface area (Å²) in [7, 11) is 1.82. The molecule has 4 heteroatoms. The Balaban J connectivity index is 2.14. The van der Waals surface area contributed by atoms with E-state index in [1.54, 1.807) is 6.07 Å². The van der Waals surface area contributed by atoms with E-state index >= 15 is 0 Å². The van der Waals surface area contributed by atoms with E-state index in [0.29, 0.717) is 22.9 Å². The second-order valence-electron chi connectivity index (χ2n) is 5.53. The van der Waals surface area contributed by atoms with Crippen LogP contribution in [0.5, 0.6) is 0 Å². The molecule has 2 rings (SSSR count).